The fourth-order valence-electron chi connectivity index (χ4n) is 4.40. The van der Waals surface area contributed by atoms with Crippen molar-refractivity contribution in [2.45, 2.75) is 40.0 Å². The van der Waals surface area contributed by atoms with Crippen LogP contribution in [0.2, 0.25) is 0 Å². The molecule has 1 aromatic heterocycles. The van der Waals surface area contributed by atoms with Gasteiger partial charge in [0.1, 0.15) is 4.60 Å². The number of hydrogen-bond acceptors (Lipinski definition) is 1. The van der Waals surface area contributed by atoms with Gasteiger partial charge in [0, 0.05) is 11.3 Å². The molecular weight excluding hydrogens is 358 g/mol. The van der Waals surface area contributed by atoms with Gasteiger partial charge in [-0.3, -0.25) is 0 Å². The van der Waals surface area contributed by atoms with Crippen molar-refractivity contribution in [2.24, 2.45) is 5.41 Å². The van der Waals surface area contributed by atoms with Crippen molar-refractivity contribution in [3.8, 4) is 0 Å². The molecule has 0 aliphatic heterocycles. The molecule has 4 rings (SSSR count). The van der Waals surface area contributed by atoms with E-state index in [2.05, 4.69) is 80.1 Å². The Bertz CT molecular complexity index is 891. The molecule has 0 aromatic carbocycles. The van der Waals surface area contributed by atoms with Gasteiger partial charge in [-0.1, -0.05) is 56.7 Å². The first-order chi connectivity index (χ1) is 11.4. The standard InChI is InChI=1S/C22H22BrN/c1-13-11-17-14(2)16-9-10-20(23)24-19(16)12-18(17)21(13)22(3,4)15-7-5-6-8-15/h5-7,9-12,14H,8H2,1-4H3. The first-order valence-electron chi connectivity index (χ1n) is 8.57. The SMILES string of the molecule is CC1=C(C(C)(C)C2=CC=CC2)C2=Cc3nc(Br)ccc3C(C)C2=C1. The van der Waals surface area contributed by atoms with Gasteiger partial charge in [-0.05, 0) is 69.3 Å². The number of rotatable bonds is 2. The maximum atomic E-state index is 4.73. The smallest absolute Gasteiger partial charge is 0.106 e. The van der Waals surface area contributed by atoms with Crippen molar-refractivity contribution in [1.29, 1.82) is 0 Å². The number of allylic oxidation sites excluding steroid dienone is 9. The molecule has 0 fully saturated rings. The third kappa shape index (κ3) is 2.23. The van der Waals surface area contributed by atoms with Gasteiger partial charge in [-0.15, -0.1) is 0 Å². The summed E-state index contributed by atoms with van der Waals surface area (Å²) in [5.74, 6) is 0.388. The zero-order valence-corrected chi connectivity index (χ0v) is 16.2. The Hall–Kier alpha value is -1.67. The van der Waals surface area contributed by atoms with E-state index in [1.807, 2.05) is 6.07 Å². The number of halogens is 1. The number of nitrogens with zero attached hydrogens (tertiary/aromatic N) is 1. The van der Waals surface area contributed by atoms with Crippen LogP contribution in [0.25, 0.3) is 6.08 Å². The van der Waals surface area contributed by atoms with E-state index in [1.54, 1.807) is 0 Å². The molecule has 0 amide bonds. The van der Waals surface area contributed by atoms with E-state index in [0.717, 1.165) is 16.7 Å². The van der Waals surface area contributed by atoms with Gasteiger partial charge in [-0.25, -0.2) is 4.98 Å². The molecule has 2 heteroatoms. The maximum Gasteiger partial charge on any atom is 0.106 e. The van der Waals surface area contributed by atoms with Crippen LogP contribution in [0.5, 0.6) is 0 Å². The van der Waals surface area contributed by atoms with Gasteiger partial charge < -0.3 is 0 Å². The summed E-state index contributed by atoms with van der Waals surface area (Å²) in [6, 6.07) is 4.25. The zero-order chi connectivity index (χ0) is 17.1. The van der Waals surface area contributed by atoms with Gasteiger partial charge in [0.15, 0.2) is 0 Å². The maximum absolute atomic E-state index is 4.73. The van der Waals surface area contributed by atoms with Crippen LogP contribution < -0.4 is 0 Å². The minimum absolute atomic E-state index is 0.0426. The van der Waals surface area contributed by atoms with E-state index in [-0.39, 0.29) is 5.41 Å². The topological polar surface area (TPSA) is 12.9 Å². The predicted molar refractivity (Wildman–Crippen MR) is 105 cm³/mol. The highest BCUT2D eigenvalue weighted by Crippen LogP contribution is 2.53. The van der Waals surface area contributed by atoms with E-state index in [0.29, 0.717) is 5.92 Å². The first kappa shape index (κ1) is 15.8. The zero-order valence-electron chi connectivity index (χ0n) is 14.7. The molecule has 122 valence electrons. The molecule has 0 N–H and O–H groups in total. The molecule has 3 aliphatic rings. The van der Waals surface area contributed by atoms with Crippen LogP contribution in [-0.4, -0.2) is 4.98 Å². The second-order valence-corrected chi connectivity index (χ2v) is 8.31. The minimum Gasteiger partial charge on any atom is -0.241 e. The lowest BCUT2D eigenvalue weighted by molar-refractivity contribution is 0.535. The molecule has 1 heterocycles. The molecule has 1 aromatic rings. The van der Waals surface area contributed by atoms with Gasteiger partial charge in [0.25, 0.3) is 0 Å². The fourth-order valence-corrected chi connectivity index (χ4v) is 4.72. The molecule has 3 aliphatic carbocycles. The first-order valence-corrected chi connectivity index (χ1v) is 9.37. The molecule has 24 heavy (non-hydrogen) atoms. The highest BCUT2D eigenvalue weighted by molar-refractivity contribution is 9.10. The third-order valence-corrected chi connectivity index (χ3v) is 6.12. The Morgan fingerprint density at radius 2 is 2.00 bits per heavy atom. The quantitative estimate of drug-likeness (QED) is 0.533. The molecular formula is C22H22BrN. The lowest BCUT2D eigenvalue weighted by Crippen LogP contribution is -2.21. The molecule has 1 atom stereocenters. The summed E-state index contributed by atoms with van der Waals surface area (Å²) in [6.45, 7) is 9.27. The number of fused-ring (bicyclic) bond motifs is 2. The van der Waals surface area contributed by atoms with E-state index < -0.39 is 0 Å². The van der Waals surface area contributed by atoms with Gasteiger partial charge in [0.05, 0.1) is 5.69 Å². The van der Waals surface area contributed by atoms with E-state index in [9.17, 15) is 0 Å². The van der Waals surface area contributed by atoms with Crippen LogP contribution >= 0.6 is 15.9 Å². The van der Waals surface area contributed by atoms with Crippen molar-refractivity contribution in [3.05, 3.63) is 80.2 Å². The van der Waals surface area contributed by atoms with Crippen LogP contribution in [0.4, 0.5) is 0 Å². The van der Waals surface area contributed by atoms with Crippen molar-refractivity contribution in [2.75, 3.05) is 0 Å². The van der Waals surface area contributed by atoms with Crippen molar-refractivity contribution in [1.82, 2.24) is 4.98 Å². The molecule has 0 spiro atoms. The number of pyridine rings is 1. The summed E-state index contributed by atoms with van der Waals surface area (Å²) in [5.41, 5.74) is 9.65. The number of hydrogen-bond donors (Lipinski definition) is 0. The normalized spacial score (nSPS) is 22.2. The van der Waals surface area contributed by atoms with Gasteiger partial charge in [-0.2, -0.15) is 0 Å². The van der Waals surface area contributed by atoms with Crippen LogP contribution in [-0.2, 0) is 0 Å². The lowest BCUT2D eigenvalue weighted by atomic mass is 9.70. The monoisotopic (exact) mass is 379 g/mol. The van der Waals surface area contributed by atoms with Crippen LogP contribution in [0.1, 0.15) is 51.3 Å². The summed E-state index contributed by atoms with van der Waals surface area (Å²) in [4.78, 5) is 4.73. The summed E-state index contributed by atoms with van der Waals surface area (Å²) in [6.07, 6.45) is 12.5. The summed E-state index contributed by atoms with van der Waals surface area (Å²) in [7, 11) is 0. The highest BCUT2D eigenvalue weighted by Gasteiger charge is 2.38. The second kappa shape index (κ2) is 5.42. The number of aromatic nitrogens is 1. The fraction of sp³-hybridized carbons (Fsp3) is 0.318. The Morgan fingerprint density at radius 3 is 2.71 bits per heavy atom. The Kier molecular flexibility index (Phi) is 3.58. The summed E-state index contributed by atoms with van der Waals surface area (Å²) < 4.78 is 0.903. The largest absolute Gasteiger partial charge is 0.241 e. The summed E-state index contributed by atoms with van der Waals surface area (Å²) in [5, 5.41) is 0. The molecule has 0 bridgehead atoms. The van der Waals surface area contributed by atoms with Crippen LogP contribution in [0.15, 0.2) is 68.9 Å². The predicted octanol–water partition coefficient (Wildman–Crippen LogP) is 6.51. The average Bonchev–Trinajstić information content (AvgIpc) is 3.15. The average molecular weight is 380 g/mol. The van der Waals surface area contributed by atoms with E-state index in [4.69, 9.17) is 4.98 Å². The van der Waals surface area contributed by atoms with Gasteiger partial charge >= 0.3 is 0 Å². The van der Waals surface area contributed by atoms with Crippen molar-refractivity contribution in [3.63, 3.8) is 0 Å². The summed E-state index contributed by atoms with van der Waals surface area (Å²) >= 11 is 3.52. The Labute approximate surface area is 152 Å². The molecule has 1 unspecified atom stereocenters. The van der Waals surface area contributed by atoms with Gasteiger partial charge in [0.2, 0.25) is 0 Å². The Balaban J connectivity index is 1.86. The minimum atomic E-state index is 0.0426. The van der Waals surface area contributed by atoms with Crippen molar-refractivity contribution < 1.29 is 0 Å². The molecule has 0 radical (unpaired) electrons. The molecule has 0 saturated carbocycles. The molecule has 1 nitrogen and oxygen atoms in total. The van der Waals surface area contributed by atoms with Crippen LogP contribution in [0, 0.1) is 5.41 Å². The molecule has 0 saturated heterocycles. The van der Waals surface area contributed by atoms with E-state index in [1.165, 1.54) is 33.4 Å². The highest BCUT2D eigenvalue weighted by atomic mass is 79.9. The van der Waals surface area contributed by atoms with E-state index >= 15 is 0 Å². The third-order valence-electron chi connectivity index (χ3n) is 5.68. The van der Waals surface area contributed by atoms with Crippen molar-refractivity contribution >= 4 is 22.0 Å². The second-order valence-electron chi connectivity index (χ2n) is 7.50. The lowest BCUT2D eigenvalue weighted by Gasteiger charge is -2.34. The Morgan fingerprint density at radius 1 is 1.21 bits per heavy atom. The van der Waals surface area contributed by atoms with Crippen LogP contribution in [0.3, 0.4) is 0 Å².